The number of hydrogen-bond donors (Lipinski definition) is 1. The molecule has 2 aliphatic carbocycles. The first-order valence-electron chi connectivity index (χ1n) is 9.55. The molecule has 1 unspecified atom stereocenters. The summed E-state index contributed by atoms with van der Waals surface area (Å²) in [6.45, 7) is 4.78. The topological polar surface area (TPSA) is 64.0 Å². The average Bonchev–Trinajstić information content (AvgIpc) is 3.27. The summed E-state index contributed by atoms with van der Waals surface area (Å²) >= 11 is 3.05. The van der Waals surface area contributed by atoms with Crippen molar-refractivity contribution < 1.29 is 4.79 Å². The second kappa shape index (κ2) is 7.35. The number of hydrogen-bond acceptors (Lipinski definition) is 5. The Morgan fingerprint density at radius 3 is 2.96 bits per heavy atom. The Kier molecular flexibility index (Phi) is 5.10. The van der Waals surface area contributed by atoms with E-state index < -0.39 is 0 Å². The molecule has 0 saturated heterocycles. The number of thiophene rings is 1. The lowest BCUT2D eigenvalue weighted by atomic mass is 10.2. The largest absolute Gasteiger partial charge is 0.353 e. The van der Waals surface area contributed by atoms with Crippen molar-refractivity contribution >= 4 is 39.2 Å². The maximum atomic E-state index is 13.1. The van der Waals surface area contributed by atoms with E-state index >= 15 is 0 Å². The third-order valence-electron chi connectivity index (χ3n) is 5.29. The van der Waals surface area contributed by atoms with Crippen LogP contribution in [0.2, 0.25) is 0 Å². The first kappa shape index (κ1) is 18.0. The van der Waals surface area contributed by atoms with Crippen LogP contribution in [0.1, 0.15) is 50.0 Å². The van der Waals surface area contributed by atoms with Crippen molar-refractivity contribution in [2.75, 3.05) is 5.75 Å². The molecule has 0 radical (unpaired) electrons. The fourth-order valence-electron chi connectivity index (χ4n) is 3.73. The number of fused-ring (bicyclic) bond motifs is 3. The van der Waals surface area contributed by atoms with Gasteiger partial charge in [0.05, 0.1) is 11.1 Å². The second-order valence-electron chi connectivity index (χ2n) is 7.37. The maximum Gasteiger partial charge on any atom is 0.263 e. The second-order valence-corrected chi connectivity index (χ2v) is 9.40. The van der Waals surface area contributed by atoms with E-state index in [1.165, 1.54) is 35.0 Å². The Bertz CT molecular complexity index is 898. The van der Waals surface area contributed by atoms with Crippen molar-refractivity contribution in [1.29, 1.82) is 0 Å². The normalized spacial score (nSPS) is 17.5. The molecule has 0 bridgehead atoms. The van der Waals surface area contributed by atoms with Crippen LogP contribution in [0.15, 0.2) is 9.95 Å². The van der Waals surface area contributed by atoms with E-state index in [9.17, 15) is 9.59 Å². The van der Waals surface area contributed by atoms with Crippen molar-refractivity contribution in [3.8, 4) is 0 Å². The number of rotatable bonds is 7. The van der Waals surface area contributed by atoms with Crippen LogP contribution in [0, 0.1) is 5.92 Å². The molecule has 140 valence electrons. The summed E-state index contributed by atoms with van der Waals surface area (Å²) in [5, 5.41) is 4.58. The van der Waals surface area contributed by atoms with Gasteiger partial charge in [-0.3, -0.25) is 14.2 Å². The Morgan fingerprint density at radius 2 is 2.23 bits per heavy atom. The third-order valence-corrected chi connectivity index (χ3v) is 7.45. The van der Waals surface area contributed by atoms with E-state index in [0.29, 0.717) is 23.4 Å². The molecule has 1 saturated carbocycles. The highest BCUT2D eigenvalue weighted by molar-refractivity contribution is 7.99. The number of carbonyl (C=O) groups excluding carboxylic acids is 1. The number of amides is 1. The number of aryl methyl sites for hydroxylation is 2. The SMILES string of the molecule is CCCn1c(SCC(=O)NC(C)C2CC2)nc2sc3c(c2c1=O)CCC3. The zero-order valence-electron chi connectivity index (χ0n) is 15.3. The van der Waals surface area contributed by atoms with E-state index in [0.717, 1.165) is 35.9 Å². The van der Waals surface area contributed by atoms with Crippen LogP contribution >= 0.6 is 23.1 Å². The zero-order chi connectivity index (χ0) is 18.3. The van der Waals surface area contributed by atoms with Crippen LogP contribution in [0.25, 0.3) is 10.2 Å². The Hall–Kier alpha value is -1.34. The molecule has 5 nitrogen and oxygen atoms in total. The van der Waals surface area contributed by atoms with Crippen molar-refractivity contribution in [2.24, 2.45) is 5.92 Å². The highest BCUT2D eigenvalue weighted by Gasteiger charge is 2.29. The van der Waals surface area contributed by atoms with Gasteiger partial charge in [0.1, 0.15) is 4.83 Å². The molecule has 1 atom stereocenters. The monoisotopic (exact) mass is 391 g/mol. The quantitative estimate of drug-likeness (QED) is 0.581. The van der Waals surface area contributed by atoms with Crippen LogP contribution in [-0.4, -0.2) is 27.3 Å². The van der Waals surface area contributed by atoms with Gasteiger partial charge in [-0.05, 0) is 56.9 Å². The van der Waals surface area contributed by atoms with E-state index in [4.69, 9.17) is 4.98 Å². The van der Waals surface area contributed by atoms with Crippen LogP contribution in [0.4, 0.5) is 0 Å². The first-order valence-corrected chi connectivity index (χ1v) is 11.4. The molecule has 1 N–H and O–H groups in total. The molecule has 4 rings (SSSR count). The van der Waals surface area contributed by atoms with E-state index in [1.807, 2.05) is 0 Å². The summed E-state index contributed by atoms with van der Waals surface area (Å²) in [6.07, 6.45) is 6.50. The number of aromatic nitrogens is 2. The van der Waals surface area contributed by atoms with Crippen molar-refractivity contribution in [3.05, 3.63) is 20.8 Å². The van der Waals surface area contributed by atoms with Gasteiger partial charge >= 0.3 is 0 Å². The van der Waals surface area contributed by atoms with Crippen LogP contribution in [-0.2, 0) is 24.2 Å². The van der Waals surface area contributed by atoms with Crippen LogP contribution < -0.4 is 10.9 Å². The molecule has 2 heterocycles. The third kappa shape index (κ3) is 3.43. The summed E-state index contributed by atoms with van der Waals surface area (Å²) in [6, 6.07) is 0.247. The van der Waals surface area contributed by atoms with Crippen molar-refractivity contribution in [3.63, 3.8) is 0 Å². The predicted octanol–water partition coefficient (Wildman–Crippen LogP) is 3.36. The molecular weight excluding hydrogens is 366 g/mol. The molecular formula is C19H25N3O2S2. The van der Waals surface area contributed by atoms with Crippen molar-refractivity contribution in [1.82, 2.24) is 14.9 Å². The maximum absolute atomic E-state index is 13.1. The summed E-state index contributed by atoms with van der Waals surface area (Å²) in [5.74, 6) is 0.981. The lowest BCUT2D eigenvalue weighted by Gasteiger charge is -2.14. The fraction of sp³-hybridized carbons (Fsp3) is 0.632. The smallest absolute Gasteiger partial charge is 0.263 e. The lowest BCUT2D eigenvalue weighted by Crippen LogP contribution is -2.35. The Morgan fingerprint density at radius 1 is 1.42 bits per heavy atom. The minimum absolute atomic E-state index is 0.0282. The van der Waals surface area contributed by atoms with E-state index in [-0.39, 0.29) is 17.5 Å². The van der Waals surface area contributed by atoms with Gasteiger partial charge in [0.2, 0.25) is 5.91 Å². The highest BCUT2D eigenvalue weighted by Crippen LogP contribution is 2.35. The van der Waals surface area contributed by atoms with Gasteiger partial charge in [-0.2, -0.15) is 0 Å². The van der Waals surface area contributed by atoms with Gasteiger partial charge in [0.25, 0.3) is 5.56 Å². The molecule has 2 aliphatic rings. The van der Waals surface area contributed by atoms with Crippen LogP contribution in [0.3, 0.4) is 0 Å². The summed E-state index contributed by atoms with van der Waals surface area (Å²) in [7, 11) is 0. The molecule has 2 aromatic rings. The molecule has 0 spiro atoms. The van der Waals surface area contributed by atoms with Crippen LogP contribution in [0.5, 0.6) is 0 Å². The van der Waals surface area contributed by atoms with Gasteiger partial charge in [-0.15, -0.1) is 11.3 Å². The molecule has 0 aliphatic heterocycles. The minimum atomic E-state index is 0.0282. The fourth-order valence-corrected chi connectivity index (χ4v) is 5.87. The lowest BCUT2D eigenvalue weighted by molar-refractivity contribution is -0.119. The van der Waals surface area contributed by atoms with E-state index in [2.05, 4.69) is 19.2 Å². The van der Waals surface area contributed by atoms with Gasteiger partial charge in [-0.1, -0.05) is 18.7 Å². The molecule has 2 aromatic heterocycles. The number of carbonyl (C=O) groups is 1. The standard InChI is InChI=1S/C19H25N3O2S2/c1-3-9-22-18(24)16-13-5-4-6-14(13)26-17(16)21-19(22)25-10-15(23)20-11(2)12-7-8-12/h11-12H,3-10H2,1-2H3,(H,20,23). The molecule has 7 heteroatoms. The Labute approximate surface area is 161 Å². The predicted molar refractivity (Wildman–Crippen MR) is 107 cm³/mol. The zero-order valence-corrected chi connectivity index (χ0v) is 17.0. The van der Waals surface area contributed by atoms with Crippen molar-refractivity contribution in [2.45, 2.75) is 70.1 Å². The minimum Gasteiger partial charge on any atom is -0.353 e. The van der Waals surface area contributed by atoms with Gasteiger partial charge in [0.15, 0.2) is 5.16 Å². The van der Waals surface area contributed by atoms with E-state index in [1.54, 1.807) is 15.9 Å². The van der Waals surface area contributed by atoms with Gasteiger partial charge in [-0.25, -0.2) is 4.98 Å². The first-order chi connectivity index (χ1) is 12.6. The Balaban J connectivity index is 1.58. The number of thioether (sulfide) groups is 1. The van der Waals surface area contributed by atoms with Gasteiger partial charge < -0.3 is 5.32 Å². The summed E-state index contributed by atoms with van der Waals surface area (Å²) in [5.41, 5.74) is 1.30. The molecule has 1 amide bonds. The molecule has 1 fully saturated rings. The molecule has 26 heavy (non-hydrogen) atoms. The number of nitrogens with one attached hydrogen (secondary N) is 1. The summed E-state index contributed by atoms with van der Waals surface area (Å²) in [4.78, 5) is 32.3. The van der Waals surface area contributed by atoms with Gasteiger partial charge in [0, 0.05) is 17.5 Å². The number of nitrogens with zero attached hydrogens (tertiary/aromatic N) is 2. The summed E-state index contributed by atoms with van der Waals surface area (Å²) < 4.78 is 1.77. The molecule has 0 aromatic carbocycles. The highest BCUT2D eigenvalue weighted by atomic mass is 32.2. The average molecular weight is 392 g/mol.